The molecule has 0 bridgehead atoms. The topological polar surface area (TPSA) is 76.3 Å². The molecule has 0 saturated carbocycles. The molecule has 1 aliphatic rings. The molecule has 1 unspecified atom stereocenters. The lowest BCUT2D eigenvalue weighted by atomic mass is 10.0. The highest BCUT2D eigenvalue weighted by Gasteiger charge is 2.26. The van der Waals surface area contributed by atoms with Crippen LogP contribution < -0.4 is 4.90 Å². The molecule has 0 spiro atoms. The summed E-state index contributed by atoms with van der Waals surface area (Å²) in [6.45, 7) is 5.54. The first-order valence-electron chi connectivity index (χ1n) is 6.61. The van der Waals surface area contributed by atoms with Crippen molar-refractivity contribution in [3.8, 4) is 0 Å². The molecule has 1 atom stereocenters. The van der Waals surface area contributed by atoms with Gasteiger partial charge >= 0.3 is 6.01 Å². The van der Waals surface area contributed by atoms with Gasteiger partial charge in [0.15, 0.2) is 5.82 Å². The number of piperidine rings is 1. The van der Waals surface area contributed by atoms with Crippen molar-refractivity contribution in [2.24, 2.45) is 5.92 Å². The Hall–Kier alpha value is -1.11. The molecule has 2 heterocycles. The summed E-state index contributed by atoms with van der Waals surface area (Å²) in [6.07, 6.45) is 3.18. The van der Waals surface area contributed by atoms with Gasteiger partial charge in [0, 0.05) is 25.3 Å². The molecule has 19 heavy (non-hydrogen) atoms. The molecule has 7 heteroatoms. The van der Waals surface area contributed by atoms with Crippen LogP contribution in [0.25, 0.3) is 0 Å². The lowest BCUT2D eigenvalue weighted by Crippen LogP contribution is -2.38. The number of nitrogens with zero attached hydrogens (tertiary/aromatic N) is 3. The molecule has 0 amide bonds. The zero-order valence-corrected chi connectivity index (χ0v) is 12.5. The van der Waals surface area contributed by atoms with Crippen LogP contribution >= 0.6 is 0 Å². The van der Waals surface area contributed by atoms with E-state index < -0.39 is 9.84 Å². The Balaban J connectivity index is 2.04. The third-order valence-electron chi connectivity index (χ3n) is 3.28. The van der Waals surface area contributed by atoms with Crippen molar-refractivity contribution in [3.05, 3.63) is 5.82 Å². The maximum Gasteiger partial charge on any atom is 0.324 e. The van der Waals surface area contributed by atoms with Crippen LogP contribution in [0, 0.1) is 5.92 Å². The quantitative estimate of drug-likeness (QED) is 0.834. The summed E-state index contributed by atoms with van der Waals surface area (Å²) >= 11 is 0. The van der Waals surface area contributed by atoms with Gasteiger partial charge in [0.05, 0.1) is 5.75 Å². The van der Waals surface area contributed by atoms with E-state index in [2.05, 4.69) is 10.1 Å². The fraction of sp³-hybridized carbons (Fsp3) is 0.833. The van der Waals surface area contributed by atoms with E-state index in [-0.39, 0.29) is 17.6 Å². The SMILES string of the molecule is CC(C)c1noc(N2CCCC(CS(C)(=O)=O)C2)n1. The zero-order valence-electron chi connectivity index (χ0n) is 11.7. The van der Waals surface area contributed by atoms with Gasteiger partial charge in [-0.3, -0.25) is 0 Å². The van der Waals surface area contributed by atoms with Crippen molar-refractivity contribution in [3.63, 3.8) is 0 Å². The van der Waals surface area contributed by atoms with Gasteiger partial charge in [-0.15, -0.1) is 0 Å². The van der Waals surface area contributed by atoms with Crippen molar-refractivity contribution in [1.29, 1.82) is 0 Å². The molecule has 2 rings (SSSR count). The van der Waals surface area contributed by atoms with Crippen LogP contribution in [-0.2, 0) is 9.84 Å². The van der Waals surface area contributed by atoms with Crippen LogP contribution in [0.15, 0.2) is 4.52 Å². The Kier molecular flexibility index (Phi) is 4.13. The number of rotatable bonds is 4. The van der Waals surface area contributed by atoms with Crippen molar-refractivity contribution in [1.82, 2.24) is 10.1 Å². The van der Waals surface area contributed by atoms with Gasteiger partial charge < -0.3 is 9.42 Å². The second kappa shape index (κ2) is 5.48. The standard InChI is InChI=1S/C12H21N3O3S/c1-9(2)11-13-12(18-14-11)15-6-4-5-10(7-15)8-19(3,16)17/h9-10H,4-8H2,1-3H3. The molecular weight excluding hydrogens is 266 g/mol. The number of sulfone groups is 1. The first kappa shape index (κ1) is 14.3. The highest BCUT2D eigenvalue weighted by molar-refractivity contribution is 7.90. The summed E-state index contributed by atoms with van der Waals surface area (Å²) in [7, 11) is -2.93. The van der Waals surface area contributed by atoms with Crippen molar-refractivity contribution >= 4 is 15.9 Å². The summed E-state index contributed by atoms with van der Waals surface area (Å²) in [4.78, 5) is 6.36. The lowest BCUT2D eigenvalue weighted by Gasteiger charge is -2.30. The number of hydrogen-bond acceptors (Lipinski definition) is 6. The normalized spacial score (nSPS) is 21.1. The minimum absolute atomic E-state index is 0.151. The number of anilines is 1. The summed E-state index contributed by atoms with van der Waals surface area (Å²) in [5, 5.41) is 3.94. The van der Waals surface area contributed by atoms with Gasteiger partial charge in [-0.05, 0) is 18.8 Å². The molecule has 6 nitrogen and oxygen atoms in total. The Morgan fingerprint density at radius 1 is 1.47 bits per heavy atom. The molecule has 0 aromatic carbocycles. The van der Waals surface area contributed by atoms with Crippen LogP contribution in [0.3, 0.4) is 0 Å². The smallest absolute Gasteiger partial charge is 0.324 e. The minimum atomic E-state index is -2.93. The predicted octanol–water partition coefficient (Wildman–Crippen LogP) is 1.45. The first-order chi connectivity index (χ1) is 8.85. The second-order valence-corrected chi connectivity index (χ2v) is 7.82. The summed E-state index contributed by atoms with van der Waals surface area (Å²) in [5.74, 6) is 1.31. The van der Waals surface area contributed by atoms with E-state index in [1.165, 1.54) is 6.26 Å². The summed E-state index contributed by atoms with van der Waals surface area (Å²) < 4.78 is 28.0. The highest BCUT2D eigenvalue weighted by atomic mass is 32.2. The molecule has 1 saturated heterocycles. The Morgan fingerprint density at radius 2 is 2.21 bits per heavy atom. The number of aromatic nitrogens is 2. The van der Waals surface area contributed by atoms with E-state index in [1.54, 1.807) is 0 Å². The predicted molar refractivity (Wildman–Crippen MR) is 73.0 cm³/mol. The largest absolute Gasteiger partial charge is 0.324 e. The van der Waals surface area contributed by atoms with Gasteiger partial charge in [-0.2, -0.15) is 4.98 Å². The maximum atomic E-state index is 11.4. The van der Waals surface area contributed by atoms with E-state index in [0.717, 1.165) is 19.4 Å². The molecule has 1 fully saturated rings. The molecule has 0 N–H and O–H groups in total. The molecular formula is C12H21N3O3S. The summed E-state index contributed by atoms with van der Waals surface area (Å²) in [6, 6.07) is 0.516. The molecule has 0 radical (unpaired) electrons. The second-order valence-electron chi connectivity index (χ2n) is 5.64. The van der Waals surface area contributed by atoms with E-state index in [0.29, 0.717) is 18.4 Å². The Bertz CT molecular complexity index is 524. The number of hydrogen-bond donors (Lipinski definition) is 0. The van der Waals surface area contributed by atoms with E-state index in [9.17, 15) is 8.42 Å². The third kappa shape index (κ3) is 3.92. The van der Waals surface area contributed by atoms with E-state index >= 15 is 0 Å². The third-order valence-corrected chi connectivity index (χ3v) is 4.35. The maximum absolute atomic E-state index is 11.4. The highest BCUT2D eigenvalue weighted by Crippen LogP contribution is 2.24. The van der Waals surface area contributed by atoms with Gasteiger partial charge in [-0.1, -0.05) is 19.0 Å². The zero-order chi connectivity index (χ0) is 14.0. The van der Waals surface area contributed by atoms with E-state index in [1.807, 2.05) is 18.7 Å². The van der Waals surface area contributed by atoms with Gasteiger partial charge in [-0.25, -0.2) is 8.42 Å². The van der Waals surface area contributed by atoms with Crippen LogP contribution in [0.4, 0.5) is 6.01 Å². The minimum Gasteiger partial charge on any atom is -0.324 e. The van der Waals surface area contributed by atoms with Crippen LogP contribution in [-0.4, -0.2) is 43.7 Å². The average Bonchev–Trinajstić information content (AvgIpc) is 2.76. The fourth-order valence-corrected chi connectivity index (χ4v) is 3.52. The lowest BCUT2D eigenvalue weighted by molar-refractivity contribution is 0.372. The van der Waals surface area contributed by atoms with Crippen molar-refractivity contribution < 1.29 is 12.9 Å². The molecule has 1 aromatic rings. The van der Waals surface area contributed by atoms with Crippen molar-refractivity contribution in [2.45, 2.75) is 32.6 Å². The Morgan fingerprint density at radius 3 is 2.79 bits per heavy atom. The van der Waals surface area contributed by atoms with Gasteiger partial charge in [0.1, 0.15) is 9.84 Å². The molecule has 1 aromatic heterocycles. The fourth-order valence-electron chi connectivity index (χ4n) is 2.39. The van der Waals surface area contributed by atoms with Crippen molar-refractivity contribution in [2.75, 3.05) is 30.0 Å². The van der Waals surface area contributed by atoms with Crippen LogP contribution in [0.5, 0.6) is 0 Å². The van der Waals surface area contributed by atoms with Gasteiger partial charge in [0.25, 0.3) is 0 Å². The first-order valence-corrected chi connectivity index (χ1v) is 8.67. The average molecular weight is 287 g/mol. The van der Waals surface area contributed by atoms with Crippen LogP contribution in [0.2, 0.25) is 0 Å². The molecule has 0 aliphatic carbocycles. The molecule has 108 valence electrons. The van der Waals surface area contributed by atoms with Gasteiger partial charge in [0.2, 0.25) is 0 Å². The molecule has 1 aliphatic heterocycles. The monoisotopic (exact) mass is 287 g/mol. The Labute approximate surface area is 114 Å². The van der Waals surface area contributed by atoms with E-state index in [4.69, 9.17) is 4.52 Å². The van der Waals surface area contributed by atoms with Crippen LogP contribution in [0.1, 0.15) is 38.4 Å². The summed E-state index contributed by atoms with van der Waals surface area (Å²) in [5.41, 5.74) is 0.